The van der Waals surface area contributed by atoms with E-state index in [1.807, 2.05) is 0 Å². The molecule has 1 aromatic heterocycles. The van der Waals surface area contributed by atoms with Gasteiger partial charge in [0, 0.05) is 0 Å². The molecule has 0 unspecified atom stereocenters. The van der Waals surface area contributed by atoms with Crippen molar-refractivity contribution in [2.45, 2.75) is 43.4 Å². The van der Waals surface area contributed by atoms with Gasteiger partial charge in [-0.2, -0.15) is 8.42 Å². The lowest BCUT2D eigenvalue weighted by Crippen LogP contribution is -2.13. The highest BCUT2D eigenvalue weighted by molar-refractivity contribution is 7.85. The number of aromatic nitrogens is 1. The summed E-state index contributed by atoms with van der Waals surface area (Å²) >= 11 is 5.80. The van der Waals surface area contributed by atoms with Gasteiger partial charge in [0.2, 0.25) is 0 Å². The van der Waals surface area contributed by atoms with Crippen molar-refractivity contribution in [3.05, 3.63) is 23.0 Å². The second-order valence-electron chi connectivity index (χ2n) is 4.76. The first-order valence-electron chi connectivity index (χ1n) is 6.10. The summed E-state index contributed by atoms with van der Waals surface area (Å²) in [4.78, 5) is 3.95. The Bertz CT molecular complexity index is 524. The molecule has 0 aromatic carbocycles. The minimum atomic E-state index is -4.22. The van der Waals surface area contributed by atoms with E-state index in [0.717, 1.165) is 12.8 Å². The van der Waals surface area contributed by atoms with E-state index >= 15 is 0 Å². The topological polar surface area (TPSA) is 67.3 Å². The Morgan fingerprint density at radius 1 is 1.28 bits per heavy atom. The van der Waals surface area contributed by atoms with Crippen LogP contribution in [-0.4, -0.2) is 18.0 Å². The van der Waals surface area contributed by atoms with Crippen molar-refractivity contribution in [3.63, 3.8) is 0 Å². The zero-order chi connectivity index (χ0) is 13.2. The normalized spacial score (nSPS) is 17.9. The van der Waals surface area contributed by atoms with Crippen molar-refractivity contribution in [1.29, 1.82) is 0 Å². The van der Waals surface area contributed by atoms with Gasteiger partial charge in [-0.3, -0.25) is 4.55 Å². The Balaban J connectivity index is 2.27. The summed E-state index contributed by atoms with van der Waals surface area (Å²) in [6, 6.07) is 2.71. The maximum atomic E-state index is 11.3. The van der Waals surface area contributed by atoms with E-state index in [2.05, 4.69) is 4.98 Å². The number of hydrogen-bond acceptors (Lipinski definition) is 3. The minimum Gasteiger partial charge on any atom is -0.282 e. The first kappa shape index (κ1) is 13.8. The third-order valence-electron chi connectivity index (χ3n) is 3.38. The van der Waals surface area contributed by atoms with Gasteiger partial charge in [-0.05, 0) is 24.5 Å². The lowest BCUT2D eigenvalue weighted by molar-refractivity contribution is 0.352. The zero-order valence-corrected chi connectivity index (χ0v) is 11.5. The molecule has 1 aromatic rings. The molecular weight excluding hydrogens is 274 g/mol. The van der Waals surface area contributed by atoms with Crippen molar-refractivity contribution >= 4 is 21.7 Å². The molecule has 0 amide bonds. The lowest BCUT2D eigenvalue weighted by Gasteiger charge is -2.21. The average Bonchev–Trinajstić information content (AvgIpc) is 2.28. The highest BCUT2D eigenvalue weighted by Gasteiger charge is 2.21. The molecular formula is C12H16ClNO3S. The summed E-state index contributed by atoms with van der Waals surface area (Å²) in [6.07, 6.45) is 6.32. The number of nitrogens with zero attached hydrogens (tertiary/aromatic N) is 1. The van der Waals surface area contributed by atoms with Gasteiger partial charge in [-0.15, -0.1) is 0 Å². The number of halogens is 1. The van der Waals surface area contributed by atoms with Crippen LogP contribution in [0, 0.1) is 5.92 Å². The molecule has 100 valence electrons. The van der Waals surface area contributed by atoms with E-state index in [4.69, 9.17) is 11.6 Å². The van der Waals surface area contributed by atoms with Crippen LogP contribution in [0.5, 0.6) is 0 Å². The first-order chi connectivity index (χ1) is 8.47. The van der Waals surface area contributed by atoms with Crippen LogP contribution in [0.4, 0.5) is 0 Å². The third-order valence-corrected chi connectivity index (χ3v) is 4.52. The Morgan fingerprint density at radius 2 is 1.94 bits per heavy atom. The van der Waals surface area contributed by atoms with E-state index in [1.54, 1.807) is 0 Å². The molecule has 1 fully saturated rings. The van der Waals surface area contributed by atoms with Gasteiger partial charge in [0.25, 0.3) is 10.1 Å². The Kier molecular flexibility index (Phi) is 4.25. The fourth-order valence-electron chi connectivity index (χ4n) is 2.51. The van der Waals surface area contributed by atoms with Crippen molar-refractivity contribution in [2.24, 2.45) is 5.92 Å². The predicted molar refractivity (Wildman–Crippen MR) is 69.3 cm³/mol. The van der Waals surface area contributed by atoms with Gasteiger partial charge in [-0.25, -0.2) is 4.98 Å². The van der Waals surface area contributed by atoms with Crippen molar-refractivity contribution < 1.29 is 13.0 Å². The molecule has 1 N–H and O–H groups in total. The van der Waals surface area contributed by atoms with Gasteiger partial charge in [0.15, 0.2) is 0 Å². The van der Waals surface area contributed by atoms with Crippen molar-refractivity contribution in [3.8, 4) is 0 Å². The van der Waals surface area contributed by atoms with E-state index in [1.165, 1.54) is 31.4 Å². The molecule has 0 atom stereocenters. The fraction of sp³-hybridized carbons (Fsp3) is 0.583. The van der Waals surface area contributed by atoms with Crippen molar-refractivity contribution in [2.75, 3.05) is 0 Å². The largest absolute Gasteiger partial charge is 0.296 e. The number of rotatable bonds is 3. The molecule has 6 heteroatoms. The van der Waals surface area contributed by atoms with Crippen LogP contribution in [0.1, 0.15) is 37.8 Å². The Hall–Kier alpha value is -0.650. The summed E-state index contributed by atoms with van der Waals surface area (Å²) in [5.74, 6) is 0.435. The smallest absolute Gasteiger partial charge is 0.282 e. The van der Waals surface area contributed by atoms with Gasteiger partial charge >= 0.3 is 0 Å². The van der Waals surface area contributed by atoms with Gasteiger partial charge in [0.05, 0.1) is 5.69 Å². The number of hydrogen-bond donors (Lipinski definition) is 1. The minimum absolute atomic E-state index is 0.113. The third kappa shape index (κ3) is 3.43. The highest BCUT2D eigenvalue weighted by Crippen LogP contribution is 2.28. The predicted octanol–water partition coefficient (Wildman–Crippen LogP) is 3.10. The van der Waals surface area contributed by atoms with Crippen LogP contribution in [0.2, 0.25) is 5.15 Å². The van der Waals surface area contributed by atoms with E-state index in [0.29, 0.717) is 18.0 Å². The molecule has 2 rings (SSSR count). The first-order valence-corrected chi connectivity index (χ1v) is 7.91. The molecule has 18 heavy (non-hydrogen) atoms. The molecule has 4 nitrogen and oxygen atoms in total. The Morgan fingerprint density at radius 3 is 2.56 bits per heavy atom. The molecule has 1 aliphatic carbocycles. The second kappa shape index (κ2) is 5.55. The average molecular weight is 290 g/mol. The summed E-state index contributed by atoms with van der Waals surface area (Å²) in [6.45, 7) is 0. The zero-order valence-electron chi connectivity index (χ0n) is 9.97. The highest BCUT2D eigenvalue weighted by atomic mass is 35.5. The number of pyridine rings is 1. The van der Waals surface area contributed by atoms with Crippen LogP contribution in [0.25, 0.3) is 0 Å². The van der Waals surface area contributed by atoms with Crippen LogP contribution in [-0.2, 0) is 16.5 Å². The monoisotopic (exact) mass is 289 g/mol. The molecule has 1 heterocycles. The summed E-state index contributed by atoms with van der Waals surface area (Å²) in [7, 11) is -4.22. The Labute approximate surface area is 112 Å². The molecule has 0 aliphatic heterocycles. The van der Waals surface area contributed by atoms with E-state index in [9.17, 15) is 13.0 Å². The molecule has 0 spiro atoms. The molecule has 0 radical (unpaired) electrons. The summed E-state index contributed by atoms with van der Waals surface area (Å²) < 4.78 is 31.7. The molecule has 1 saturated carbocycles. The van der Waals surface area contributed by atoms with Gasteiger partial charge < -0.3 is 0 Å². The lowest BCUT2D eigenvalue weighted by atomic mass is 9.86. The van der Waals surface area contributed by atoms with Crippen LogP contribution >= 0.6 is 11.6 Å². The summed E-state index contributed by atoms with van der Waals surface area (Å²) in [5, 5.41) is 0.258. The van der Waals surface area contributed by atoms with Gasteiger partial charge in [-0.1, -0.05) is 43.7 Å². The van der Waals surface area contributed by atoms with E-state index < -0.39 is 10.1 Å². The molecule has 0 saturated heterocycles. The van der Waals surface area contributed by atoms with E-state index in [-0.39, 0.29) is 10.0 Å². The van der Waals surface area contributed by atoms with Crippen LogP contribution < -0.4 is 0 Å². The summed E-state index contributed by atoms with van der Waals surface area (Å²) in [5.41, 5.74) is 0.386. The second-order valence-corrected chi connectivity index (χ2v) is 6.54. The van der Waals surface area contributed by atoms with Crippen LogP contribution in [0.15, 0.2) is 17.0 Å². The van der Waals surface area contributed by atoms with Crippen molar-refractivity contribution in [1.82, 2.24) is 4.98 Å². The van der Waals surface area contributed by atoms with Crippen LogP contribution in [0.3, 0.4) is 0 Å². The maximum absolute atomic E-state index is 11.3. The van der Waals surface area contributed by atoms with Gasteiger partial charge in [0.1, 0.15) is 10.0 Å². The molecule has 0 bridgehead atoms. The molecule has 1 aliphatic rings. The quantitative estimate of drug-likeness (QED) is 0.686. The maximum Gasteiger partial charge on any atom is 0.296 e. The standard InChI is InChI=1S/C12H16ClNO3S/c13-12-7-6-11(18(15,16)17)10(14-12)8-9-4-2-1-3-5-9/h6-7,9H,1-5,8H2,(H,15,16,17). The SMILES string of the molecule is O=S(=O)(O)c1ccc(Cl)nc1CC1CCCCC1. The fourth-order valence-corrected chi connectivity index (χ4v) is 3.34.